The molecule has 1 rings (SSSR count). The van der Waals surface area contributed by atoms with Crippen LogP contribution in [0.1, 0.15) is 25.0 Å². The summed E-state index contributed by atoms with van der Waals surface area (Å²) < 4.78 is 0. The lowest BCUT2D eigenvalue weighted by atomic mass is 10.0. The van der Waals surface area contributed by atoms with Gasteiger partial charge in [-0.3, -0.25) is 10.1 Å². The first-order valence-corrected chi connectivity index (χ1v) is 4.65. The summed E-state index contributed by atoms with van der Waals surface area (Å²) in [6, 6.07) is 3.28. The second-order valence-corrected chi connectivity index (χ2v) is 3.14. The molecule has 0 saturated carbocycles. The molecule has 2 N–H and O–H groups in total. The van der Waals surface area contributed by atoms with E-state index >= 15 is 0 Å². The monoisotopic (exact) mass is 194 g/mol. The molecule has 0 unspecified atom stereocenters. The summed E-state index contributed by atoms with van der Waals surface area (Å²) in [5, 5.41) is 10.6. The van der Waals surface area contributed by atoms with Crippen LogP contribution in [0.15, 0.2) is 12.1 Å². The van der Waals surface area contributed by atoms with Crippen molar-refractivity contribution in [2.75, 3.05) is 5.73 Å². The van der Waals surface area contributed by atoms with E-state index in [1.165, 1.54) is 0 Å². The fraction of sp³-hybridized carbons (Fsp3) is 0.400. The van der Waals surface area contributed by atoms with Crippen molar-refractivity contribution in [1.29, 1.82) is 0 Å². The largest absolute Gasteiger partial charge is 0.393 e. The van der Waals surface area contributed by atoms with Crippen molar-refractivity contribution in [3.8, 4) is 0 Å². The van der Waals surface area contributed by atoms with Gasteiger partial charge < -0.3 is 5.73 Å². The molecule has 0 bridgehead atoms. The fourth-order valence-corrected chi connectivity index (χ4v) is 1.51. The van der Waals surface area contributed by atoms with Crippen molar-refractivity contribution in [3.63, 3.8) is 0 Å². The molecule has 1 aromatic carbocycles. The third kappa shape index (κ3) is 1.84. The zero-order valence-corrected chi connectivity index (χ0v) is 8.41. The maximum Gasteiger partial charge on any atom is 0.292 e. The Morgan fingerprint density at radius 2 is 1.79 bits per heavy atom. The van der Waals surface area contributed by atoms with Gasteiger partial charge in [0, 0.05) is 6.07 Å². The number of rotatable bonds is 3. The van der Waals surface area contributed by atoms with E-state index in [1.807, 2.05) is 13.8 Å². The Morgan fingerprint density at radius 1 is 1.29 bits per heavy atom. The van der Waals surface area contributed by atoms with Gasteiger partial charge in [0.25, 0.3) is 5.69 Å². The lowest BCUT2D eigenvalue weighted by Gasteiger charge is -2.06. The number of nitrogen functional groups attached to an aromatic ring is 1. The highest BCUT2D eigenvalue weighted by molar-refractivity contribution is 5.61. The molecule has 0 aliphatic rings. The van der Waals surface area contributed by atoms with Crippen LogP contribution in [0, 0.1) is 10.1 Å². The van der Waals surface area contributed by atoms with Crippen LogP contribution in [0.3, 0.4) is 0 Å². The molecule has 0 fully saturated rings. The van der Waals surface area contributed by atoms with E-state index in [4.69, 9.17) is 5.73 Å². The first kappa shape index (κ1) is 10.5. The van der Waals surface area contributed by atoms with Gasteiger partial charge in [-0.1, -0.05) is 13.8 Å². The summed E-state index contributed by atoms with van der Waals surface area (Å²) in [6.07, 6.45) is 1.65. The first-order chi connectivity index (χ1) is 6.60. The number of nitrogens with two attached hydrogens (primary N) is 1. The highest BCUT2D eigenvalue weighted by atomic mass is 16.6. The standard InChI is InChI=1S/C10H14N2O2/c1-3-7-5-9(11)10(12(13)14)6-8(7)4-2/h5-6H,3-4,11H2,1-2H3. The van der Waals surface area contributed by atoms with Gasteiger partial charge in [-0.05, 0) is 30.0 Å². The molecule has 0 aromatic heterocycles. The summed E-state index contributed by atoms with van der Waals surface area (Å²) in [5.74, 6) is 0. The average molecular weight is 194 g/mol. The van der Waals surface area contributed by atoms with E-state index in [1.54, 1.807) is 12.1 Å². The zero-order chi connectivity index (χ0) is 10.7. The lowest BCUT2D eigenvalue weighted by molar-refractivity contribution is -0.384. The Morgan fingerprint density at radius 3 is 2.21 bits per heavy atom. The third-order valence-electron chi connectivity index (χ3n) is 2.31. The molecule has 0 aliphatic heterocycles. The number of benzene rings is 1. The molecule has 0 radical (unpaired) electrons. The van der Waals surface area contributed by atoms with E-state index in [-0.39, 0.29) is 11.4 Å². The topological polar surface area (TPSA) is 69.2 Å². The van der Waals surface area contributed by atoms with Gasteiger partial charge in [0.15, 0.2) is 0 Å². The van der Waals surface area contributed by atoms with E-state index < -0.39 is 4.92 Å². The van der Waals surface area contributed by atoms with Crippen LogP contribution >= 0.6 is 0 Å². The number of nitro groups is 1. The maximum absolute atomic E-state index is 10.6. The molecule has 76 valence electrons. The van der Waals surface area contributed by atoms with Crippen LogP contribution in [-0.2, 0) is 12.8 Å². The Labute approximate surface area is 82.9 Å². The first-order valence-electron chi connectivity index (χ1n) is 4.65. The predicted octanol–water partition coefficient (Wildman–Crippen LogP) is 2.30. The molecule has 0 saturated heterocycles. The number of aryl methyl sites for hydroxylation is 2. The van der Waals surface area contributed by atoms with Crippen LogP contribution in [0.4, 0.5) is 11.4 Å². The molecular formula is C10H14N2O2. The minimum atomic E-state index is -0.437. The van der Waals surface area contributed by atoms with Crippen molar-refractivity contribution in [1.82, 2.24) is 0 Å². The normalized spacial score (nSPS) is 10.1. The molecule has 0 aliphatic carbocycles. The molecule has 0 heterocycles. The molecular weight excluding hydrogens is 180 g/mol. The molecule has 4 nitrogen and oxygen atoms in total. The van der Waals surface area contributed by atoms with Gasteiger partial charge >= 0.3 is 0 Å². The van der Waals surface area contributed by atoms with Crippen molar-refractivity contribution >= 4 is 11.4 Å². The third-order valence-corrected chi connectivity index (χ3v) is 2.31. The predicted molar refractivity (Wildman–Crippen MR) is 56.3 cm³/mol. The second-order valence-electron chi connectivity index (χ2n) is 3.14. The smallest absolute Gasteiger partial charge is 0.292 e. The van der Waals surface area contributed by atoms with Crippen LogP contribution in [0.5, 0.6) is 0 Å². The molecule has 0 atom stereocenters. The summed E-state index contributed by atoms with van der Waals surface area (Å²) >= 11 is 0. The van der Waals surface area contributed by atoms with E-state index in [0.29, 0.717) is 0 Å². The summed E-state index contributed by atoms with van der Waals surface area (Å²) in [4.78, 5) is 10.2. The van der Waals surface area contributed by atoms with Crippen LogP contribution in [-0.4, -0.2) is 4.92 Å². The molecule has 0 amide bonds. The molecule has 1 aromatic rings. The van der Waals surface area contributed by atoms with Gasteiger partial charge in [0.1, 0.15) is 5.69 Å². The van der Waals surface area contributed by atoms with Gasteiger partial charge in [-0.2, -0.15) is 0 Å². The Balaban J connectivity index is 3.30. The summed E-state index contributed by atoms with van der Waals surface area (Å²) in [7, 11) is 0. The van der Waals surface area contributed by atoms with Crippen LogP contribution < -0.4 is 5.73 Å². The molecule has 4 heteroatoms. The van der Waals surface area contributed by atoms with Gasteiger partial charge in [0.05, 0.1) is 4.92 Å². The van der Waals surface area contributed by atoms with E-state index in [0.717, 1.165) is 24.0 Å². The van der Waals surface area contributed by atoms with Crippen LogP contribution in [0.25, 0.3) is 0 Å². The maximum atomic E-state index is 10.6. The highest BCUT2D eigenvalue weighted by Crippen LogP contribution is 2.26. The van der Waals surface area contributed by atoms with Crippen molar-refractivity contribution in [2.45, 2.75) is 26.7 Å². The van der Waals surface area contributed by atoms with Crippen molar-refractivity contribution < 1.29 is 4.92 Å². The van der Waals surface area contributed by atoms with Crippen LogP contribution in [0.2, 0.25) is 0 Å². The minimum absolute atomic E-state index is 0.0130. The van der Waals surface area contributed by atoms with E-state index in [9.17, 15) is 10.1 Å². The van der Waals surface area contributed by atoms with Crippen molar-refractivity contribution in [3.05, 3.63) is 33.4 Å². The quantitative estimate of drug-likeness (QED) is 0.456. The lowest BCUT2D eigenvalue weighted by Crippen LogP contribution is -2.00. The second kappa shape index (κ2) is 4.09. The number of hydrogen-bond acceptors (Lipinski definition) is 3. The SMILES string of the molecule is CCc1cc(N)c([N+](=O)[O-])cc1CC. The number of hydrogen-bond donors (Lipinski definition) is 1. The van der Waals surface area contributed by atoms with Gasteiger partial charge in [-0.25, -0.2) is 0 Å². The highest BCUT2D eigenvalue weighted by Gasteiger charge is 2.14. The van der Waals surface area contributed by atoms with Crippen molar-refractivity contribution in [2.24, 2.45) is 0 Å². The van der Waals surface area contributed by atoms with Gasteiger partial charge in [-0.15, -0.1) is 0 Å². The Kier molecular flexibility index (Phi) is 3.06. The average Bonchev–Trinajstić information content (AvgIpc) is 2.16. The number of nitro benzene ring substituents is 1. The zero-order valence-electron chi connectivity index (χ0n) is 8.41. The Hall–Kier alpha value is -1.58. The number of nitrogens with zero attached hydrogens (tertiary/aromatic N) is 1. The molecule has 14 heavy (non-hydrogen) atoms. The minimum Gasteiger partial charge on any atom is -0.393 e. The van der Waals surface area contributed by atoms with E-state index in [2.05, 4.69) is 0 Å². The van der Waals surface area contributed by atoms with Gasteiger partial charge in [0.2, 0.25) is 0 Å². The summed E-state index contributed by atoms with van der Waals surface area (Å²) in [6.45, 7) is 3.99. The summed E-state index contributed by atoms with van der Waals surface area (Å²) in [5.41, 5.74) is 7.95. The molecule has 0 spiro atoms. The Bertz CT molecular complexity index is 361. The fourth-order valence-electron chi connectivity index (χ4n) is 1.51. The number of anilines is 1.